The zero-order valence-corrected chi connectivity index (χ0v) is 11.2. The average molecular weight is 258 g/mol. The van der Waals surface area contributed by atoms with Gasteiger partial charge in [-0.15, -0.1) is 0 Å². The standard InChI is InChI=1S/C13H18N6/c1-8(2)11-12(17-14)15-7-16-13(11)19-6-5-10(18-19)9-3-4-9/h5-9H,3-4,14H2,1-2H3,(H,15,16,17). The van der Waals surface area contributed by atoms with E-state index in [9.17, 15) is 0 Å². The van der Waals surface area contributed by atoms with Crippen LogP contribution in [0.25, 0.3) is 5.82 Å². The maximum Gasteiger partial charge on any atom is 0.162 e. The van der Waals surface area contributed by atoms with Gasteiger partial charge in [-0.3, -0.25) is 0 Å². The predicted molar refractivity (Wildman–Crippen MR) is 73.0 cm³/mol. The van der Waals surface area contributed by atoms with Crippen LogP contribution >= 0.6 is 0 Å². The normalized spacial score (nSPS) is 14.9. The van der Waals surface area contributed by atoms with Crippen LogP contribution in [0.4, 0.5) is 5.82 Å². The molecule has 0 aromatic carbocycles. The zero-order valence-electron chi connectivity index (χ0n) is 11.2. The van der Waals surface area contributed by atoms with Crippen LogP contribution in [-0.2, 0) is 0 Å². The van der Waals surface area contributed by atoms with Gasteiger partial charge < -0.3 is 5.43 Å². The average Bonchev–Trinajstić information content (AvgIpc) is 3.15. The van der Waals surface area contributed by atoms with Crippen molar-refractivity contribution in [3.8, 4) is 5.82 Å². The van der Waals surface area contributed by atoms with E-state index in [1.165, 1.54) is 19.2 Å². The number of anilines is 1. The Bertz CT molecular complexity index is 585. The summed E-state index contributed by atoms with van der Waals surface area (Å²) in [5, 5.41) is 4.62. The van der Waals surface area contributed by atoms with Crippen LogP contribution in [0.3, 0.4) is 0 Å². The van der Waals surface area contributed by atoms with Gasteiger partial charge in [-0.05, 0) is 24.8 Å². The van der Waals surface area contributed by atoms with Gasteiger partial charge in [0.05, 0.1) is 5.69 Å². The Hall–Kier alpha value is -1.95. The van der Waals surface area contributed by atoms with E-state index in [1.54, 1.807) is 0 Å². The first-order valence-corrected chi connectivity index (χ1v) is 6.58. The monoisotopic (exact) mass is 258 g/mol. The summed E-state index contributed by atoms with van der Waals surface area (Å²) in [5.74, 6) is 7.88. The molecule has 0 atom stereocenters. The van der Waals surface area contributed by atoms with E-state index in [1.807, 2.05) is 10.9 Å². The topological polar surface area (TPSA) is 81.6 Å². The Morgan fingerprint density at radius 2 is 2.16 bits per heavy atom. The van der Waals surface area contributed by atoms with Crippen molar-refractivity contribution >= 4 is 5.82 Å². The second kappa shape index (κ2) is 4.62. The van der Waals surface area contributed by atoms with Gasteiger partial charge in [-0.25, -0.2) is 20.5 Å². The number of nitrogen functional groups attached to an aromatic ring is 1. The fourth-order valence-corrected chi connectivity index (χ4v) is 2.27. The predicted octanol–water partition coefficient (Wildman–Crippen LogP) is 1.95. The van der Waals surface area contributed by atoms with Crippen LogP contribution in [0.15, 0.2) is 18.6 Å². The highest BCUT2D eigenvalue weighted by Gasteiger charge is 2.26. The molecule has 0 aliphatic heterocycles. The molecule has 19 heavy (non-hydrogen) atoms. The fourth-order valence-electron chi connectivity index (χ4n) is 2.27. The summed E-state index contributed by atoms with van der Waals surface area (Å²) in [4.78, 5) is 8.54. The molecule has 0 amide bonds. The minimum absolute atomic E-state index is 0.260. The fraction of sp³-hybridized carbons (Fsp3) is 0.462. The van der Waals surface area contributed by atoms with Crippen molar-refractivity contribution < 1.29 is 0 Å². The summed E-state index contributed by atoms with van der Waals surface area (Å²) in [7, 11) is 0. The van der Waals surface area contributed by atoms with Crippen LogP contribution in [0.2, 0.25) is 0 Å². The van der Waals surface area contributed by atoms with Crippen molar-refractivity contribution in [3.05, 3.63) is 29.8 Å². The lowest BCUT2D eigenvalue weighted by molar-refractivity contribution is 0.760. The van der Waals surface area contributed by atoms with E-state index in [0.29, 0.717) is 11.7 Å². The SMILES string of the molecule is CC(C)c1c(NN)ncnc1-n1ccc(C2CC2)n1. The molecular weight excluding hydrogens is 240 g/mol. The van der Waals surface area contributed by atoms with Gasteiger partial charge in [0.2, 0.25) is 0 Å². The minimum atomic E-state index is 0.260. The summed E-state index contributed by atoms with van der Waals surface area (Å²) in [6, 6.07) is 2.07. The molecule has 0 radical (unpaired) electrons. The number of nitrogens with two attached hydrogens (primary N) is 1. The van der Waals surface area contributed by atoms with Gasteiger partial charge in [0.1, 0.15) is 12.1 Å². The third kappa shape index (κ3) is 2.19. The first kappa shape index (κ1) is 12.1. The molecule has 100 valence electrons. The van der Waals surface area contributed by atoms with Crippen molar-refractivity contribution in [3.63, 3.8) is 0 Å². The highest BCUT2D eigenvalue weighted by Crippen LogP contribution is 2.39. The summed E-state index contributed by atoms with van der Waals surface area (Å²) in [6.07, 6.45) is 5.96. The molecule has 1 saturated carbocycles. The molecule has 1 fully saturated rings. The summed E-state index contributed by atoms with van der Waals surface area (Å²) < 4.78 is 1.82. The van der Waals surface area contributed by atoms with E-state index < -0.39 is 0 Å². The number of hydrazine groups is 1. The van der Waals surface area contributed by atoms with Gasteiger partial charge in [0.25, 0.3) is 0 Å². The Morgan fingerprint density at radius 1 is 1.37 bits per heavy atom. The summed E-state index contributed by atoms with van der Waals surface area (Å²) >= 11 is 0. The molecule has 6 nitrogen and oxygen atoms in total. The van der Waals surface area contributed by atoms with Crippen LogP contribution in [0.1, 0.15) is 49.8 Å². The van der Waals surface area contributed by atoms with Crippen LogP contribution < -0.4 is 11.3 Å². The highest BCUT2D eigenvalue weighted by atomic mass is 15.3. The molecule has 0 bridgehead atoms. The van der Waals surface area contributed by atoms with Gasteiger partial charge in [0.15, 0.2) is 5.82 Å². The Balaban J connectivity index is 2.07. The van der Waals surface area contributed by atoms with E-state index in [-0.39, 0.29) is 5.92 Å². The van der Waals surface area contributed by atoms with Gasteiger partial charge in [-0.2, -0.15) is 5.10 Å². The minimum Gasteiger partial charge on any atom is -0.308 e. The number of hydrogen-bond acceptors (Lipinski definition) is 5. The number of nitrogens with zero attached hydrogens (tertiary/aromatic N) is 4. The Morgan fingerprint density at radius 3 is 2.79 bits per heavy atom. The summed E-state index contributed by atoms with van der Waals surface area (Å²) in [5.41, 5.74) is 4.77. The number of nitrogens with one attached hydrogen (secondary N) is 1. The van der Waals surface area contributed by atoms with E-state index in [2.05, 4.69) is 40.4 Å². The number of rotatable bonds is 4. The number of hydrogen-bond donors (Lipinski definition) is 2. The van der Waals surface area contributed by atoms with Crippen LogP contribution in [0.5, 0.6) is 0 Å². The van der Waals surface area contributed by atoms with Crippen molar-refractivity contribution in [1.82, 2.24) is 19.7 Å². The van der Waals surface area contributed by atoms with Crippen molar-refractivity contribution in [1.29, 1.82) is 0 Å². The van der Waals surface area contributed by atoms with Crippen molar-refractivity contribution in [2.45, 2.75) is 38.5 Å². The van der Waals surface area contributed by atoms with E-state index >= 15 is 0 Å². The van der Waals surface area contributed by atoms with Gasteiger partial charge in [-0.1, -0.05) is 13.8 Å². The molecule has 0 unspecified atom stereocenters. The second-order valence-electron chi connectivity index (χ2n) is 5.22. The van der Waals surface area contributed by atoms with E-state index in [4.69, 9.17) is 5.84 Å². The maximum atomic E-state index is 5.53. The Kier molecular flexibility index (Phi) is 2.94. The third-order valence-corrected chi connectivity index (χ3v) is 3.40. The lowest BCUT2D eigenvalue weighted by Crippen LogP contribution is -2.15. The maximum absolute atomic E-state index is 5.53. The molecule has 2 heterocycles. The van der Waals surface area contributed by atoms with E-state index in [0.717, 1.165) is 17.1 Å². The lowest BCUT2D eigenvalue weighted by Gasteiger charge is -2.14. The third-order valence-electron chi connectivity index (χ3n) is 3.40. The first-order chi connectivity index (χ1) is 9.20. The molecule has 0 spiro atoms. The quantitative estimate of drug-likeness (QED) is 0.647. The Labute approximate surface area is 112 Å². The molecule has 3 rings (SSSR count). The highest BCUT2D eigenvalue weighted by molar-refractivity contribution is 5.52. The van der Waals surface area contributed by atoms with Crippen molar-refractivity contribution in [2.75, 3.05) is 5.43 Å². The molecule has 0 saturated heterocycles. The molecule has 3 N–H and O–H groups in total. The molecule has 6 heteroatoms. The molecule has 1 aliphatic carbocycles. The second-order valence-corrected chi connectivity index (χ2v) is 5.22. The summed E-state index contributed by atoms with van der Waals surface area (Å²) in [6.45, 7) is 4.18. The van der Waals surface area contributed by atoms with Crippen molar-refractivity contribution in [2.24, 2.45) is 5.84 Å². The van der Waals surface area contributed by atoms with Gasteiger partial charge >= 0.3 is 0 Å². The molecule has 2 aromatic heterocycles. The molecule has 2 aromatic rings. The van der Waals surface area contributed by atoms with Crippen LogP contribution in [0, 0.1) is 0 Å². The van der Waals surface area contributed by atoms with Gasteiger partial charge in [0, 0.05) is 17.7 Å². The molecule has 1 aliphatic rings. The first-order valence-electron chi connectivity index (χ1n) is 6.58. The van der Waals surface area contributed by atoms with Crippen LogP contribution in [-0.4, -0.2) is 19.7 Å². The lowest BCUT2D eigenvalue weighted by atomic mass is 10.0. The smallest absolute Gasteiger partial charge is 0.162 e. The number of aromatic nitrogens is 4. The zero-order chi connectivity index (χ0) is 13.4. The molecular formula is C13H18N6. The largest absolute Gasteiger partial charge is 0.308 e.